The van der Waals surface area contributed by atoms with E-state index in [-0.39, 0.29) is 5.09 Å². The van der Waals surface area contributed by atoms with E-state index in [0.29, 0.717) is 17.7 Å². The van der Waals surface area contributed by atoms with Gasteiger partial charge in [0.1, 0.15) is 5.76 Å². The molecule has 0 radical (unpaired) electrons. The van der Waals surface area contributed by atoms with Gasteiger partial charge in [-0.2, -0.15) is 0 Å². The van der Waals surface area contributed by atoms with Crippen LogP contribution < -0.4 is 5.32 Å². The zero-order chi connectivity index (χ0) is 14.1. The Labute approximate surface area is 115 Å². The molecule has 1 fully saturated rings. The summed E-state index contributed by atoms with van der Waals surface area (Å²) in [5.74, 6) is 0.660. The summed E-state index contributed by atoms with van der Waals surface area (Å²) >= 11 is 0. The topological polar surface area (TPSA) is 62.6 Å². The van der Waals surface area contributed by atoms with Crippen molar-refractivity contribution in [2.75, 3.05) is 20.6 Å². The van der Waals surface area contributed by atoms with E-state index in [9.17, 15) is 8.42 Å². The van der Waals surface area contributed by atoms with Crippen molar-refractivity contribution in [2.45, 2.75) is 37.8 Å². The molecule has 0 aromatic carbocycles. The maximum Gasteiger partial charge on any atom is 0.275 e. The van der Waals surface area contributed by atoms with E-state index < -0.39 is 10.0 Å². The fraction of sp³-hybridized carbons (Fsp3) is 0.692. The molecule has 108 valence electrons. The minimum absolute atomic E-state index is 0.00549. The summed E-state index contributed by atoms with van der Waals surface area (Å²) < 4.78 is 30.2. The van der Waals surface area contributed by atoms with Gasteiger partial charge in [-0.15, -0.1) is 0 Å². The van der Waals surface area contributed by atoms with Crippen LogP contribution in [-0.4, -0.2) is 33.4 Å². The summed E-state index contributed by atoms with van der Waals surface area (Å²) in [5.41, 5.74) is 0.477. The first-order valence-corrected chi connectivity index (χ1v) is 8.06. The Morgan fingerprint density at radius 2 is 2.05 bits per heavy atom. The van der Waals surface area contributed by atoms with E-state index in [1.807, 2.05) is 0 Å². The molecule has 1 aromatic heterocycles. The van der Waals surface area contributed by atoms with Crippen molar-refractivity contribution in [1.29, 1.82) is 0 Å². The predicted molar refractivity (Wildman–Crippen MR) is 73.2 cm³/mol. The summed E-state index contributed by atoms with van der Waals surface area (Å²) in [7, 11) is -0.475. The van der Waals surface area contributed by atoms with Crippen LogP contribution >= 0.6 is 0 Å². The third-order valence-electron chi connectivity index (χ3n) is 3.88. The van der Waals surface area contributed by atoms with Crippen molar-refractivity contribution in [3.63, 3.8) is 0 Å². The number of sulfonamides is 1. The number of rotatable bonds is 7. The van der Waals surface area contributed by atoms with E-state index in [1.165, 1.54) is 39.4 Å². The van der Waals surface area contributed by atoms with Crippen LogP contribution in [0.3, 0.4) is 0 Å². The molecule has 19 heavy (non-hydrogen) atoms. The summed E-state index contributed by atoms with van der Waals surface area (Å²) in [4.78, 5) is 0. The largest absolute Gasteiger partial charge is 0.447 e. The molecule has 5 nitrogen and oxygen atoms in total. The lowest BCUT2D eigenvalue weighted by Gasteiger charge is -2.12. The zero-order valence-electron chi connectivity index (χ0n) is 11.8. The van der Waals surface area contributed by atoms with E-state index in [4.69, 9.17) is 4.42 Å². The van der Waals surface area contributed by atoms with Crippen molar-refractivity contribution in [2.24, 2.45) is 5.41 Å². The first-order valence-electron chi connectivity index (χ1n) is 6.62. The van der Waals surface area contributed by atoms with Crippen molar-refractivity contribution < 1.29 is 12.8 Å². The van der Waals surface area contributed by atoms with Gasteiger partial charge >= 0.3 is 0 Å². The molecule has 0 spiro atoms. The van der Waals surface area contributed by atoms with Crippen LogP contribution in [0.2, 0.25) is 0 Å². The van der Waals surface area contributed by atoms with Crippen molar-refractivity contribution in [3.8, 4) is 0 Å². The van der Waals surface area contributed by atoms with E-state index in [2.05, 4.69) is 12.2 Å². The molecule has 0 amide bonds. The lowest BCUT2D eigenvalue weighted by molar-refractivity contribution is 0.374. The van der Waals surface area contributed by atoms with Crippen molar-refractivity contribution in [3.05, 3.63) is 17.9 Å². The molecular weight excluding hydrogens is 264 g/mol. The van der Waals surface area contributed by atoms with Gasteiger partial charge in [0.15, 0.2) is 0 Å². The second-order valence-electron chi connectivity index (χ2n) is 5.47. The summed E-state index contributed by atoms with van der Waals surface area (Å²) in [6, 6.07) is 3.23. The minimum atomic E-state index is -3.46. The monoisotopic (exact) mass is 286 g/mol. The summed E-state index contributed by atoms with van der Waals surface area (Å²) in [6.45, 7) is 3.76. The molecule has 6 heteroatoms. The Morgan fingerprint density at radius 3 is 2.58 bits per heavy atom. The van der Waals surface area contributed by atoms with Crippen LogP contribution in [0.1, 0.15) is 31.9 Å². The molecular formula is C13H22N2O3S. The summed E-state index contributed by atoms with van der Waals surface area (Å²) in [5, 5.41) is 3.35. The second kappa shape index (κ2) is 5.26. The maximum atomic E-state index is 11.8. The highest BCUT2D eigenvalue weighted by atomic mass is 32.2. The highest BCUT2D eigenvalue weighted by Gasteiger charge is 2.39. The predicted octanol–water partition coefficient (Wildman–Crippen LogP) is 1.81. The molecule has 1 aliphatic carbocycles. The highest BCUT2D eigenvalue weighted by Crippen LogP contribution is 2.47. The van der Waals surface area contributed by atoms with Crippen LogP contribution in [0.25, 0.3) is 0 Å². The average Bonchev–Trinajstić information content (AvgIpc) is 2.97. The highest BCUT2D eigenvalue weighted by molar-refractivity contribution is 7.88. The van der Waals surface area contributed by atoms with Crippen LogP contribution in [0.5, 0.6) is 0 Å². The van der Waals surface area contributed by atoms with Gasteiger partial charge in [-0.05, 0) is 36.8 Å². The Bertz CT molecular complexity index is 530. The second-order valence-corrected chi connectivity index (χ2v) is 7.55. The van der Waals surface area contributed by atoms with Gasteiger partial charge < -0.3 is 9.73 Å². The van der Waals surface area contributed by atoms with Gasteiger partial charge in [0, 0.05) is 20.6 Å². The Kier molecular flexibility index (Phi) is 4.03. The maximum absolute atomic E-state index is 11.8. The molecule has 1 saturated carbocycles. The fourth-order valence-electron chi connectivity index (χ4n) is 2.05. The number of furan rings is 1. The van der Waals surface area contributed by atoms with Crippen LogP contribution in [0, 0.1) is 5.41 Å². The Balaban J connectivity index is 1.91. The molecule has 1 aromatic rings. The molecule has 1 heterocycles. The third-order valence-corrected chi connectivity index (χ3v) is 5.57. The standard InChI is InChI=1S/C13H22N2O3S/c1-4-13(7-8-13)10-14-9-11-5-6-12(18-11)19(16,17)15(2)3/h5-6,14H,4,7-10H2,1-3H3. The quantitative estimate of drug-likeness (QED) is 0.830. The first-order chi connectivity index (χ1) is 8.89. The smallest absolute Gasteiger partial charge is 0.275 e. The third kappa shape index (κ3) is 3.19. The van der Waals surface area contributed by atoms with Gasteiger partial charge in [0.2, 0.25) is 5.09 Å². The lowest BCUT2D eigenvalue weighted by Crippen LogP contribution is -2.23. The SMILES string of the molecule is CCC1(CNCc2ccc(S(=O)(=O)N(C)C)o2)CC1. The van der Waals surface area contributed by atoms with E-state index in [0.717, 1.165) is 10.8 Å². The van der Waals surface area contributed by atoms with Crippen LogP contribution in [0.15, 0.2) is 21.6 Å². The number of nitrogens with zero attached hydrogens (tertiary/aromatic N) is 1. The molecule has 0 aliphatic heterocycles. The summed E-state index contributed by atoms with van der Waals surface area (Å²) in [6.07, 6.45) is 3.77. The first kappa shape index (κ1) is 14.6. The van der Waals surface area contributed by atoms with Gasteiger partial charge in [0.05, 0.1) is 6.54 Å². The molecule has 1 N–H and O–H groups in total. The van der Waals surface area contributed by atoms with Gasteiger partial charge in [-0.3, -0.25) is 0 Å². The zero-order valence-corrected chi connectivity index (χ0v) is 12.6. The Morgan fingerprint density at radius 1 is 1.37 bits per heavy atom. The average molecular weight is 286 g/mol. The van der Waals surface area contributed by atoms with Gasteiger partial charge in [-0.25, -0.2) is 12.7 Å². The van der Waals surface area contributed by atoms with E-state index >= 15 is 0 Å². The Hall–Kier alpha value is -0.850. The van der Waals surface area contributed by atoms with Crippen molar-refractivity contribution >= 4 is 10.0 Å². The fourth-order valence-corrected chi connectivity index (χ4v) is 2.87. The number of nitrogens with one attached hydrogen (secondary N) is 1. The normalized spacial score (nSPS) is 17.9. The van der Waals surface area contributed by atoms with Crippen LogP contribution in [0.4, 0.5) is 0 Å². The number of hydrogen-bond acceptors (Lipinski definition) is 4. The van der Waals surface area contributed by atoms with Crippen molar-refractivity contribution in [1.82, 2.24) is 9.62 Å². The van der Waals surface area contributed by atoms with Gasteiger partial charge in [0.25, 0.3) is 10.0 Å². The molecule has 0 atom stereocenters. The minimum Gasteiger partial charge on any atom is -0.447 e. The molecule has 0 bridgehead atoms. The lowest BCUT2D eigenvalue weighted by atomic mass is 10.0. The number of hydrogen-bond donors (Lipinski definition) is 1. The molecule has 0 unspecified atom stereocenters. The molecule has 1 aliphatic rings. The van der Waals surface area contributed by atoms with Gasteiger partial charge in [-0.1, -0.05) is 6.92 Å². The molecule has 2 rings (SSSR count). The molecule has 0 saturated heterocycles. The van der Waals surface area contributed by atoms with Crippen LogP contribution in [-0.2, 0) is 16.6 Å². The van der Waals surface area contributed by atoms with E-state index in [1.54, 1.807) is 6.07 Å².